The van der Waals surface area contributed by atoms with E-state index >= 15 is 0 Å². The Bertz CT molecular complexity index is 1150. The van der Waals surface area contributed by atoms with Crippen molar-refractivity contribution < 1.29 is 27.5 Å². The molecule has 3 atom stereocenters. The first-order chi connectivity index (χ1) is 16.0. The van der Waals surface area contributed by atoms with Crippen molar-refractivity contribution in [2.75, 3.05) is 6.54 Å². The van der Waals surface area contributed by atoms with Crippen LogP contribution >= 0.6 is 0 Å². The van der Waals surface area contributed by atoms with E-state index in [2.05, 4.69) is 0 Å². The standard InChI is InChI=1S/C25H28N2O6S/c1-25(2,3)33-23(28)21-14-19(22(15-26)34(30,31)20-12-8-5-9-13-20)16-27(21)24(29)32-17-18-10-6-4-7-11-18/h4-13,19,21-22H,14,16-17H2,1-3H3/t19-,21-,22?/m0/s1. The molecule has 0 N–H and O–H groups in total. The molecular weight excluding hydrogens is 456 g/mol. The summed E-state index contributed by atoms with van der Waals surface area (Å²) in [7, 11) is -4.02. The molecule has 1 saturated heterocycles. The maximum absolute atomic E-state index is 13.2. The SMILES string of the molecule is CC(C)(C)OC(=O)[C@@H]1C[C@H](C(C#N)S(=O)(=O)c2ccccc2)CN1C(=O)OCc1ccccc1. The molecule has 9 heteroatoms. The number of hydrogen-bond acceptors (Lipinski definition) is 7. The van der Waals surface area contributed by atoms with Gasteiger partial charge >= 0.3 is 12.1 Å². The van der Waals surface area contributed by atoms with Gasteiger partial charge in [-0.1, -0.05) is 48.5 Å². The van der Waals surface area contributed by atoms with Gasteiger partial charge in [0.05, 0.1) is 11.0 Å². The van der Waals surface area contributed by atoms with Crippen molar-refractivity contribution in [2.24, 2.45) is 5.92 Å². The van der Waals surface area contributed by atoms with Crippen molar-refractivity contribution in [2.45, 2.75) is 55.6 Å². The number of esters is 1. The molecule has 0 aliphatic carbocycles. The Kier molecular flexibility index (Phi) is 7.62. The Morgan fingerprint density at radius 1 is 1.09 bits per heavy atom. The van der Waals surface area contributed by atoms with E-state index in [4.69, 9.17) is 9.47 Å². The average molecular weight is 485 g/mol. The van der Waals surface area contributed by atoms with Gasteiger partial charge in [-0.25, -0.2) is 18.0 Å². The van der Waals surface area contributed by atoms with Crippen molar-refractivity contribution in [3.63, 3.8) is 0 Å². The average Bonchev–Trinajstić information content (AvgIpc) is 3.23. The Labute approximate surface area is 200 Å². The summed E-state index contributed by atoms with van der Waals surface area (Å²) < 4.78 is 37.2. The van der Waals surface area contributed by atoms with Gasteiger partial charge < -0.3 is 9.47 Å². The summed E-state index contributed by atoms with van der Waals surface area (Å²) in [6, 6.07) is 17.6. The van der Waals surface area contributed by atoms with Gasteiger partial charge in [-0.15, -0.1) is 0 Å². The highest BCUT2D eigenvalue weighted by atomic mass is 32.2. The predicted octanol–water partition coefficient (Wildman–Crippen LogP) is 3.72. The van der Waals surface area contributed by atoms with Crippen LogP contribution in [0.5, 0.6) is 0 Å². The fourth-order valence-electron chi connectivity index (χ4n) is 3.87. The molecule has 1 aliphatic heterocycles. The topological polar surface area (TPSA) is 114 Å². The van der Waals surface area contributed by atoms with Crippen LogP contribution in [-0.2, 0) is 30.7 Å². The van der Waals surface area contributed by atoms with Gasteiger partial charge in [0, 0.05) is 12.5 Å². The highest BCUT2D eigenvalue weighted by Gasteiger charge is 2.48. The number of likely N-dealkylation sites (tertiary alicyclic amines) is 1. The molecule has 2 aromatic carbocycles. The third kappa shape index (κ3) is 5.94. The molecule has 0 radical (unpaired) electrons. The lowest BCUT2D eigenvalue weighted by Crippen LogP contribution is -2.43. The smallest absolute Gasteiger partial charge is 0.410 e. The number of benzene rings is 2. The molecule has 1 aliphatic rings. The van der Waals surface area contributed by atoms with Crippen molar-refractivity contribution in [1.29, 1.82) is 5.26 Å². The van der Waals surface area contributed by atoms with Gasteiger partial charge in [-0.2, -0.15) is 5.26 Å². The van der Waals surface area contributed by atoms with E-state index in [1.165, 1.54) is 17.0 Å². The van der Waals surface area contributed by atoms with Crippen LogP contribution in [-0.4, -0.2) is 48.8 Å². The van der Waals surface area contributed by atoms with Gasteiger partial charge in [-0.3, -0.25) is 4.90 Å². The van der Waals surface area contributed by atoms with Gasteiger partial charge in [-0.05, 0) is 44.9 Å². The van der Waals surface area contributed by atoms with E-state index in [-0.39, 0.29) is 24.5 Å². The second-order valence-electron chi connectivity index (χ2n) is 9.15. The third-order valence-corrected chi connectivity index (χ3v) is 7.50. The van der Waals surface area contributed by atoms with Gasteiger partial charge in [0.1, 0.15) is 18.2 Å². The van der Waals surface area contributed by atoms with Gasteiger partial charge in [0.15, 0.2) is 15.1 Å². The number of amides is 1. The van der Waals surface area contributed by atoms with Crippen LogP contribution in [0, 0.1) is 17.2 Å². The number of sulfone groups is 1. The van der Waals surface area contributed by atoms with Crippen molar-refractivity contribution >= 4 is 21.9 Å². The molecule has 34 heavy (non-hydrogen) atoms. The minimum absolute atomic E-state index is 0.00806. The van der Waals surface area contributed by atoms with E-state index < -0.39 is 44.7 Å². The maximum atomic E-state index is 13.2. The second-order valence-corrected chi connectivity index (χ2v) is 11.2. The first-order valence-corrected chi connectivity index (χ1v) is 12.5. The quantitative estimate of drug-likeness (QED) is 0.574. The molecule has 1 unspecified atom stereocenters. The van der Waals surface area contributed by atoms with Gasteiger partial charge in [0.2, 0.25) is 0 Å². The lowest BCUT2D eigenvalue weighted by molar-refractivity contribution is -0.159. The summed E-state index contributed by atoms with van der Waals surface area (Å²) in [5.41, 5.74) is -0.0403. The molecule has 2 aromatic rings. The predicted molar refractivity (Wildman–Crippen MR) is 124 cm³/mol. The number of carbonyl (C=O) groups excluding carboxylic acids is 2. The van der Waals surface area contributed by atoms with Crippen molar-refractivity contribution in [3.8, 4) is 6.07 Å². The summed E-state index contributed by atoms with van der Waals surface area (Å²) in [5, 5.41) is 8.35. The summed E-state index contributed by atoms with van der Waals surface area (Å²) in [6.07, 6.45) is -0.796. The van der Waals surface area contributed by atoms with E-state index in [9.17, 15) is 23.3 Å². The normalized spacial score (nSPS) is 19.2. The molecule has 0 aromatic heterocycles. The Balaban J connectivity index is 1.85. The highest BCUT2D eigenvalue weighted by Crippen LogP contribution is 2.33. The van der Waals surface area contributed by atoms with Crippen LogP contribution in [0.4, 0.5) is 4.79 Å². The molecule has 3 rings (SSSR count). The molecule has 180 valence electrons. The number of carbonyl (C=O) groups is 2. The van der Waals surface area contributed by atoms with Crippen molar-refractivity contribution in [1.82, 2.24) is 4.90 Å². The molecule has 0 bridgehead atoms. The fraction of sp³-hybridized carbons (Fsp3) is 0.400. The second kappa shape index (κ2) is 10.3. The van der Waals surface area contributed by atoms with Crippen LogP contribution in [0.25, 0.3) is 0 Å². The molecular formula is C25H28N2O6S. The zero-order valence-electron chi connectivity index (χ0n) is 19.4. The van der Waals surface area contributed by atoms with Crippen LogP contribution < -0.4 is 0 Å². The Morgan fingerprint density at radius 2 is 1.68 bits per heavy atom. The zero-order chi connectivity index (χ0) is 24.9. The monoisotopic (exact) mass is 484 g/mol. The molecule has 0 saturated carbocycles. The molecule has 1 amide bonds. The lowest BCUT2D eigenvalue weighted by Gasteiger charge is -2.26. The lowest BCUT2D eigenvalue weighted by atomic mass is 10.0. The number of rotatable bonds is 6. The number of hydrogen-bond donors (Lipinski definition) is 0. The zero-order valence-corrected chi connectivity index (χ0v) is 20.2. The molecule has 1 heterocycles. The van der Waals surface area contributed by atoms with Crippen LogP contribution in [0.3, 0.4) is 0 Å². The summed E-state index contributed by atoms with van der Waals surface area (Å²) in [4.78, 5) is 27.0. The third-order valence-electron chi connectivity index (χ3n) is 5.41. The number of nitrogens with zero attached hydrogens (tertiary/aromatic N) is 2. The van der Waals surface area contributed by atoms with Crippen molar-refractivity contribution in [3.05, 3.63) is 66.2 Å². The largest absolute Gasteiger partial charge is 0.458 e. The fourth-order valence-corrected chi connectivity index (χ4v) is 5.54. The molecule has 0 spiro atoms. The van der Waals surface area contributed by atoms with Crippen LogP contribution in [0.2, 0.25) is 0 Å². The summed E-state index contributed by atoms with van der Waals surface area (Å²) in [5.74, 6) is -1.46. The number of ether oxygens (including phenoxy) is 2. The summed E-state index contributed by atoms with van der Waals surface area (Å²) in [6.45, 7) is 4.97. The van der Waals surface area contributed by atoms with E-state index in [0.717, 1.165) is 5.56 Å². The first-order valence-electron chi connectivity index (χ1n) is 10.9. The molecule has 1 fully saturated rings. The van der Waals surface area contributed by atoms with E-state index in [1.54, 1.807) is 51.1 Å². The minimum Gasteiger partial charge on any atom is -0.458 e. The van der Waals surface area contributed by atoms with E-state index in [0.29, 0.717) is 0 Å². The van der Waals surface area contributed by atoms with Crippen LogP contribution in [0.1, 0.15) is 32.8 Å². The number of nitriles is 1. The summed E-state index contributed by atoms with van der Waals surface area (Å²) >= 11 is 0. The first kappa shape index (κ1) is 25.2. The Morgan fingerprint density at radius 3 is 2.24 bits per heavy atom. The maximum Gasteiger partial charge on any atom is 0.410 e. The Hall–Kier alpha value is -3.38. The van der Waals surface area contributed by atoms with E-state index in [1.807, 2.05) is 24.3 Å². The van der Waals surface area contributed by atoms with Crippen LogP contribution in [0.15, 0.2) is 65.6 Å². The highest BCUT2D eigenvalue weighted by molar-refractivity contribution is 7.92. The van der Waals surface area contributed by atoms with Gasteiger partial charge in [0.25, 0.3) is 0 Å². The minimum atomic E-state index is -4.02. The molecule has 8 nitrogen and oxygen atoms in total.